The van der Waals surface area contributed by atoms with Crippen molar-refractivity contribution >= 4 is 50.7 Å². The fourth-order valence-electron chi connectivity index (χ4n) is 3.01. The first-order valence-electron chi connectivity index (χ1n) is 9.52. The third kappa shape index (κ3) is 5.11. The molecule has 0 aromatic heterocycles. The van der Waals surface area contributed by atoms with E-state index in [1.807, 2.05) is 0 Å². The molecule has 33 heavy (non-hydrogen) atoms. The van der Waals surface area contributed by atoms with Gasteiger partial charge in [0.15, 0.2) is 0 Å². The van der Waals surface area contributed by atoms with Crippen LogP contribution in [0.15, 0.2) is 82.6 Å². The predicted molar refractivity (Wildman–Crippen MR) is 124 cm³/mol. The Balaban J connectivity index is 1.49. The van der Waals surface area contributed by atoms with E-state index in [1.54, 1.807) is 30.3 Å². The number of nitrogens with zero attached hydrogens (tertiary/aromatic N) is 1. The molecule has 0 bridgehead atoms. The van der Waals surface area contributed by atoms with Crippen molar-refractivity contribution < 1.29 is 26.6 Å². The van der Waals surface area contributed by atoms with Gasteiger partial charge in [0.2, 0.25) is 0 Å². The monoisotopic (exact) mass is 503 g/mol. The normalized spacial score (nSPS) is 15.3. The summed E-state index contributed by atoms with van der Waals surface area (Å²) in [5, 5.41) is -0.418. The highest BCUT2D eigenvalue weighted by Crippen LogP contribution is 2.35. The zero-order valence-electron chi connectivity index (χ0n) is 16.8. The topological polar surface area (TPSA) is 80.8 Å². The number of halogens is 2. The van der Waals surface area contributed by atoms with Crippen LogP contribution in [0.4, 0.5) is 9.18 Å². The van der Waals surface area contributed by atoms with Crippen LogP contribution in [-0.4, -0.2) is 24.5 Å². The van der Waals surface area contributed by atoms with E-state index in [4.69, 9.17) is 15.8 Å². The first kappa shape index (κ1) is 23.0. The van der Waals surface area contributed by atoms with E-state index < -0.39 is 27.1 Å². The number of rotatable bonds is 6. The molecule has 4 rings (SSSR count). The van der Waals surface area contributed by atoms with Crippen LogP contribution in [0.3, 0.4) is 0 Å². The van der Waals surface area contributed by atoms with Gasteiger partial charge in [-0.3, -0.25) is 14.5 Å². The Morgan fingerprint density at radius 1 is 0.970 bits per heavy atom. The zero-order chi connectivity index (χ0) is 23.6. The van der Waals surface area contributed by atoms with Crippen molar-refractivity contribution in [2.45, 2.75) is 11.4 Å². The smallest absolute Gasteiger partial charge is 0.339 e. The lowest BCUT2D eigenvalue weighted by Gasteiger charge is -2.14. The molecule has 6 nitrogen and oxygen atoms in total. The molecule has 0 unspecified atom stereocenters. The van der Waals surface area contributed by atoms with Gasteiger partial charge in [0.05, 0.1) is 11.4 Å². The van der Waals surface area contributed by atoms with Gasteiger partial charge in [-0.15, -0.1) is 0 Å². The fourth-order valence-corrected chi connectivity index (χ4v) is 5.02. The third-order valence-corrected chi connectivity index (χ3v) is 7.19. The molecule has 1 heterocycles. The maximum atomic E-state index is 14.1. The number of benzene rings is 3. The van der Waals surface area contributed by atoms with Crippen LogP contribution in [0, 0.1) is 5.82 Å². The van der Waals surface area contributed by atoms with Gasteiger partial charge >= 0.3 is 10.1 Å². The van der Waals surface area contributed by atoms with Gasteiger partial charge in [-0.25, -0.2) is 4.39 Å². The zero-order valence-corrected chi connectivity index (χ0v) is 19.2. The molecule has 168 valence electrons. The molecule has 1 aliphatic rings. The molecule has 0 atom stereocenters. The Labute approximate surface area is 198 Å². The molecular weight excluding hydrogens is 489 g/mol. The Kier molecular flexibility index (Phi) is 6.55. The van der Waals surface area contributed by atoms with Crippen molar-refractivity contribution in [3.63, 3.8) is 0 Å². The number of amides is 2. The van der Waals surface area contributed by atoms with Gasteiger partial charge in [-0.1, -0.05) is 48.0 Å². The highest BCUT2D eigenvalue weighted by molar-refractivity contribution is 8.18. The summed E-state index contributed by atoms with van der Waals surface area (Å²) in [6, 6.07) is 17.8. The summed E-state index contributed by atoms with van der Waals surface area (Å²) in [5.74, 6) is -1.08. The third-order valence-electron chi connectivity index (χ3n) is 4.67. The van der Waals surface area contributed by atoms with Crippen LogP contribution in [0.2, 0.25) is 5.02 Å². The number of thioether (sulfide) groups is 1. The highest BCUT2D eigenvalue weighted by Gasteiger charge is 2.35. The molecule has 0 saturated carbocycles. The molecule has 1 saturated heterocycles. The standard InChI is InChI=1S/C23H15ClFNO5S2/c24-19-7-4-8-20(25)18(19)14-26-22(27)21(32-23(26)28)13-15-9-11-16(12-10-15)31-33(29,30)17-5-2-1-3-6-17/h1-13H,14H2/b21-13-. The molecule has 2 amide bonds. The number of imide groups is 1. The molecule has 0 radical (unpaired) electrons. The first-order chi connectivity index (χ1) is 15.7. The molecular formula is C23H15ClFNO5S2. The maximum Gasteiger partial charge on any atom is 0.339 e. The average Bonchev–Trinajstić information content (AvgIpc) is 3.05. The van der Waals surface area contributed by atoms with E-state index in [1.165, 1.54) is 48.5 Å². The second kappa shape index (κ2) is 9.38. The minimum absolute atomic E-state index is 0.0257. The van der Waals surface area contributed by atoms with E-state index in [-0.39, 0.29) is 32.7 Å². The van der Waals surface area contributed by atoms with Gasteiger partial charge in [-0.2, -0.15) is 8.42 Å². The van der Waals surface area contributed by atoms with Crippen LogP contribution in [0.25, 0.3) is 6.08 Å². The lowest BCUT2D eigenvalue weighted by Crippen LogP contribution is -2.28. The van der Waals surface area contributed by atoms with E-state index in [2.05, 4.69) is 0 Å². The Morgan fingerprint density at radius 3 is 2.33 bits per heavy atom. The summed E-state index contributed by atoms with van der Waals surface area (Å²) >= 11 is 6.73. The van der Waals surface area contributed by atoms with E-state index in [9.17, 15) is 22.4 Å². The Morgan fingerprint density at radius 2 is 1.67 bits per heavy atom. The number of hydrogen-bond acceptors (Lipinski definition) is 6. The van der Waals surface area contributed by atoms with Gasteiger partial charge in [0.25, 0.3) is 11.1 Å². The first-order valence-corrected chi connectivity index (χ1v) is 12.1. The van der Waals surface area contributed by atoms with Gasteiger partial charge in [-0.05, 0) is 59.8 Å². The summed E-state index contributed by atoms with van der Waals surface area (Å²) < 4.78 is 43.8. The van der Waals surface area contributed by atoms with Crippen molar-refractivity contribution in [1.29, 1.82) is 0 Å². The van der Waals surface area contributed by atoms with Crippen LogP contribution in [0.5, 0.6) is 5.75 Å². The highest BCUT2D eigenvalue weighted by atomic mass is 35.5. The quantitative estimate of drug-likeness (QED) is 0.327. The summed E-state index contributed by atoms with van der Waals surface area (Å²) in [5.41, 5.74) is 0.609. The van der Waals surface area contributed by atoms with Crippen molar-refractivity contribution in [2.75, 3.05) is 0 Å². The van der Waals surface area contributed by atoms with Crippen LogP contribution < -0.4 is 4.18 Å². The minimum atomic E-state index is -3.98. The van der Waals surface area contributed by atoms with Crippen LogP contribution in [-0.2, 0) is 21.5 Å². The SMILES string of the molecule is O=C1S/C(=C\c2ccc(OS(=O)(=O)c3ccccc3)cc2)C(=O)N1Cc1c(F)cccc1Cl. The lowest BCUT2D eigenvalue weighted by atomic mass is 10.2. The van der Waals surface area contributed by atoms with Crippen molar-refractivity contribution in [2.24, 2.45) is 0 Å². The molecule has 0 spiro atoms. The second-order valence-electron chi connectivity index (χ2n) is 6.89. The summed E-state index contributed by atoms with van der Waals surface area (Å²) in [6.07, 6.45) is 1.49. The summed E-state index contributed by atoms with van der Waals surface area (Å²) in [4.78, 5) is 26.1. The molecule has 1 aliphatic heterocycles. The van der Waals surface area contributed by atoms with E-state index in [0.29, 0.717) is 5.56 Å². The summed E-state index contributed by atoms with van der Waals surface area (Å²) in [7, 11) is -3.98. The lowest BCUT2D eigenvalue weighted by molar-refractivity contribution is -0.123. The molecule has 0 N–H and O–H groups in total. The minimum Gasteiger partial charge on any atom is -0.379 e. The van der Waals surface area contributed by atoms with Crippen molar-refractivity contribution in [1.82, 2.24) is 4.90 Å². The average molecular weight is 504 g/mol. The summed E-state index contributed by atoms with van der Waals surface area (Å²) in [6.45, 7) is -0.280. The molecule has 1 fully saturated rings. The van der Waals surface area contributed by atoms with E-state index >= 15 is 0 Å². The molecule has 3 aromatic carbocycles. The van der Waals surface area contributed by atoms with Crippen molar-refractivity contribution in [3.8, 4) is 5.75 Å². The predicted octanol–water partition coefficient (Wildman–Crippen LogP) is 5.48. The number of carbonyl (C=O) groups excluding carboxylic acids is 2. The molecule has 0 aliphatic carbocycles. The molecule has 10 heteroatoms. The maximum absolute atomic E-state index is 14.1. The van der Waals surface area contributed by atoms with Crippen LogP contribution in [0.1, 0.15) is 11.1 Å². The van der Waals surface area contributed by atoms with Gasteiger partial charge < -0.3 is 4.18 Å². The van der Waals surface area contributed by atoms with Gasteiger partial charge in [0.1, 0.15) is 16.5 Å². The van der Waals surface area contributed by atoms with Crippen LogP contribution >= 0.6 is 23.4 Å². The largest absolute Gasteiger partial charge is 0.379 e. The Hall–Kier alpha value is -3.14. The molecule has 3 aromatic rings. The van der Waals surface area contributed by atoms with E-state index in [0.717, 1.165) is 16.7 Å². The number of hydrogen-bond donors (Lipinski definition) is 0. The fraction of sp³-hybridized carbons (Fsp3) is 0.0435. The Bertz CT molecular complexity index is 1340. The van der Waals surface area contributed by atoms with Crippen molar-refractivity contribution in [3.05, 3.63) is 99.7 Å². The number of carbonyl (C=O) groups is 2. The second-order valence-corrected chi connectivity index (χ2v) is 9.83. The van der Waals surface area contributed by atoms with Gasteiger partial charge in [0, 0.05) is 10.6 Å².